The van der Waals surface area contributed by atoms with E-state index in [2.05, 4.69) is 32.4 Å². The Hall–Kier alpha value is -3.74. The SMILES string of the molecule is C=C/C=C(\C=C/C)C1=NC(Nc2nnc(/C(C)=C\C)o2)C(=O)Nc2ccccc21.CC. The second kappa shape index (κ2) is 11.4. The number of hydrogen-bond acceptors (Lipinski definition) is 6. The van der Waals surface area contributed by atoms with Crippen molar-refractivity contribution in [1.29, 1.82) is 0 Å². The molecule has 0 radical (unpaired) electrons. The van der Waals surface area contributed by atoms with Gasteiger partial charge in [-0.3, -0.25) is 4.79 Å². The van der Waals surface area contributed by atoms with E-state index in [9.17, 15) is 4.79 Å². The lowest BCUT2D eigenvalue weighted by atomic mass is 10.00. The molecule has 0 bridgehead atoms. The van der Waals surface area contributed by atoms with Gasteiger partial charge in [-0.1, -0.05) is 74.1 Å². The van der Waals surface area contributed by atoms with E-state index in [4.69, 9.17) is 4.42 Å². The van der Waals surface area contributed by atoms with Crippen LogP contribution in [0.4, 0.5) is 11.7 Å². The molecule has 7 heteroatoms. The van der Waals surface area contributed by atoms with Gasteiger partial charge < -0.3 is 15.1 Å². The first-order valence-corrected chi connectivity index (χ1v) is 10.2. The Balaban J connectivity index is 0.00000166. The predicted molar refractivity (Wildman–Crippen MR) is 127 cm³/mol. The Kier molecular flexibility index (Phi) is 8.69. The maximum absolute atomic E-state index is 12.8. The maximum atomic E-state index is 12.8. The van der Waals surface area contributed by atoms with Crippen molar-refractivity contribution in [2.24, 2.45) is 4.99 Å². The second-order valence-corrected chi connectivity index (χ2v) is 6.30. The van der Waals surface area contributed by atoms with Crippen molar-refractivity contribution in [1.82, 2.24) is 10.2 Å². The number of amides is 1. The van der Waals surface area contributed by atoms with Gasteiger partial charge in [0.25, 0.3) is 5.91 Å². The zero-order valence-corrected chi connectivity index (χ0v) is 18.6. The number of nitrogens with zero attached hydrogens (tertiary/aromatic N) is 3. The zero-order chi connectivity index (χ0) is 22.8. The van der Waals surface area contributed by atoms with Gasteiger partial charge in [0.2, 0.25) is 12.1 Å². The van der Waals surface area contributed by atoms with Crippen LogP contribution in [0, 0.1) is 0 Å². The minimum absolute atomic E-state index is 0.121. The lowest BCUT2D eigenvalue weighted by molar-refractivity contribution is -0.116. The lowest BCUT2D eigenvalue weighted by Crippen LogP contribution is -2.32. The third-order valence-corrected chi connectivity index (χ3v) is 4.32. The van der Waals surface area contributed by atoms with E-state index in [0.29, 0.717) is 17.3 Å². The molecule has 1 aromatic carbocycles. The average molecular weight is 420 g/mol. The number of benzodiazepines with no additional fused rings is 1. The van der Waals surface area contributed by atoms with Crippen molar-refractivity contribution in [3.05, 3.63) is 78.3 Å². The fourth-order valence-electron chi connectivity index (χ4n) is 2.79. The van der Waals surface area contributed by atoms with Gasteiger partial charge in [0, 0.05) is 16.7 Å². The minimum atomic E-state index is -0.949. The number of fused-ring (bicyclic) bond motifs is 1. The number of carbonyl (C=O) groups is 1. The van der Waals surface area contributed by atoms with E-state index in [-0.39, 0.29) is 11.9 Å². The third-order valence-electron chi connectivity index (χ3n) is 4.32. The monoisotopic (exact) mass is 419 g/mol. The first-order valence-electron chi connectivity index (χ1n) is 10.2. The van der Waals surface area contributed by atoms with Crippen LogP contribution in [-0.2, 0) is 4.79 Å². The summed E-state index contributed by atoms with van der Waals surface area (Å²) in [6, 6.07) is 7.64. The minimum Gasteiger partial charge on any atom is -0.404 e. The van der Waals surface area contributed by atoms with Crippen LogP contribution in [-0.4, -0.2) is 28.0 Å². The summed E-state index contributed by atoms with van der Waals surface area (Å²) in [5, 5.41) is 13.8. The highest BCUT2D eigenvalue weighted by Gasteiger charge is 2.27. The summed E-state index contributed by atoms with van der Waals surface area (Å²) in [4.78, 5) is 17.5. The number of para-hydroxylation sites is 1. The van der Waals surface area contributed by atoms with Gasteiger partial charge in [-0.05, 0) is 26.8 Å². The van der Waals surface area contributed by atoms with Crippen molar-refractivity contribution >= 4 is 28.9 Å². The van der Waals surface area contributed by atoms with Gasteiger partial charge in [-0.25, -0.2) is 4.99 Å². The summed E-state index contributed by atoms with van der Waals surface area (Å²) in [5.74, 6) is 0.0612. The summed E-state index contributed by atoms with van der Waals surface area (Å²) in [5.41, 5.74) is 3.81. The van der Waals surface area contributed by atoms with E-state index in [1.165, 1.54) is 0 Å². The van der Waals surface area contributed by atoms with E-state index >= 15 is 0 Å². The molecule has 0 saturated carbocycles. The Bertz CT molecular complexity index is 1040. The highest BCUT2D eigenvalue weighted by Crippen LogP contribution is 2.25. The molecule has 1 unspecified atom stereocenters. The van der Waals surface area contributed by atoms with Crippen LogP contribution < -0.4 is 10.6 Å². The average Bonchev–Trinajstić information content (AvgIpc) is 3.21. The summed E-state index contributed by atoms with van der Waals surface area (Å²) < 4.78 is 5.60. The van der Waals surface area contributed by atoms with Crippen LogP contribution in [0.1, 0.15) is 46.1 Å². The normalized spacial score (nSPS) is 16.5. The summed E-state index contributed by atoms with van der Waals surface area (Å²) in [7, 11) is 0. The van der Waals surface area contributed by atoms with Crippen molar-refractivity contribution < 1.29 is 9.21 Å². The number of benzene rings is 1. The van der Waals surface area contributed by atoms with Gasteiger partial charge in [0.15, 0.2) is 0 Å². The van der Waals surface area contributed by atoms with Gasteiger partial charge in [-0.15, -0.1) is 5.10 Å². The third kappa shape index (κ3) is 5.66. The summed E-state index contributed by atoms with van der Waals surface area (Å²) in [6.07, 6.45) is 8.29. The number of aliphatic imine (C=N–C) groups is 1. The molecule has 0 saturated heterocycles. The fraction of sp³-hybridized carbons (Fsp3) is 0.250. The molecule has 31 heavy (non-hydrogen) atoms. The van der Waals surface area contributed by atoms with Gasteiger partial charge in [-0.2, -0.15) is 0 Å². The molecule has 0 fully saturated rings. The van der Waals surface area contributed by atoms with Crippen molar-refractivity contribution in [3.63, 3.8) is 0 Å². The van der Waals surface area contributed by atoms with Gasteiger partial charge >= 0.3 is 6.01 Å². The Morgan fingerprint density at radius 3 is 2.65 bits per heavy atom. The lowest BCUT2D eigenvalue weighted by Gasteiger charge is -2.11. The Morgan fingerprint density at radius 2 is 1.97 bits per heavy atom. The van der Waals surface area contributed by atoms with Gasteiger partial charge in [0.1, 0.15) is 0 Å². The predicted octanol–water partition coefficient (Wildman–Crippen LogP) is 5.39. The number of carbonyl (C=O) groups excluding carboxylic acids is 1. The number of nitrogens with one attached hydrogen (secondary N) is 2. The molecule has 1 amide bonds. The molecule has 7 nitrogen and oxygen atoms in total. The quantitative estimate of drug-likeness (QED) is 0.613. The van der Waals surface area contributed by atoms with E-state index < -0.39 is 6.17 Å². The molecule has 0 spiro atoms. The van der Waals surface area contributed by atoms with Crippen LogP contribution in [0.2, 0.25) is 0 Å². The van der Waals surface area contributed by atoms with E-state index in [1.807, 2.05) is 83.2 Å². The molecule has 0 aliphatic carbocycles. The van der Waals surface area contributed by atoms with Crippen LogP contribution in [0.5, 0.6) is 0 Å². The molecular weight excluding hydrogens is 390 g/mol. The highest BCUT2D eigenvalue weighted by atomic mass is 16.4. The Morgan fingerprint density at radius 1 is 1.23 bits per heavy atom. The van der Waals surface area contributed by atoms with Crippen molar-refractivity contribution in [2.45, 2.75) is 40.8 Å². The summed E-state index contributed by atoms with van der Waals surface area (Å²) >= 11 is 0. The van der Waals surface area contributed by atoms with Crippen molar-refractivity contribution in [3.8, 4) is 0 Å². The standard InChI is InChI=1S/C22H23N5O2.C2H6/c1-5-10-15(11-6-2)18-16-12-8-9-13-17(16)23-20(28)19(24-18)25-22-27-26-21(29-22)14(4)7-3;1-2/h5-13,19H,1H2,2-4H3,(H,23,28)(H,25,27);1-2H3/b11-6-,14-7-,15-10+;. The number of anilines is 2. The first kappa shape index (κ1) is 23.5. The molecular formula is C24H29N5O2. The number of rotatable bonds is 6. The molecule has 1 atom stereocenters. The fourth-order valence-corrected chi connectivity index (χ4v) is 2.79. The van der Waals surface area contributed by atoms with Crippen LogP contribution in [0.3, 0.4) is 0 Å². The second-order valence-electron chi connectivity index (χ2n) is 6.30. The van der Waals surface area contributed by atoms with Gasteiger partial charge in [0.05, 0.1) is 11.4 Å². The number of aromatic nitrogens is 2. The molecule has 1 aromatic heterocycles. The smallest absolute Gasteiger partial charge is 0.317 e. The Labute approximate surface area is 183 Å². The van der Waals surface area contributed by atoms with Crippen molar-refractivity contribution in [2.75, 3.05) is 10.6 Å². The molecule has 2 N–H and O–H groups in total. The topological polar surface area (TPSA) is 92.4 Å². The first-order chi connectivity index (χ1) is 15.1. The van der Waals surface area contributed by atoms with Crippen LogP contribution in [0.25, 0.3) is 5.57 Å². The largest absolute Gasteiger partial charge is 0.404 e. The van der Waals surface area contributed by atoms with E-state index in [0.717, 1.165) is 16.7 Å². The molecule has 162 valence electrons. The zero-order valence-electron chi connectivity index (χ0n) is 18.6. The molecule has 1 aliphatic rings. The van der Waals surface area contributed by atoms with Crippen LogP contribution in [0.15, 0.2) is 76.2 Å². The highest BCUT2D eigenvalue weighted by molar-refractivity contribution is 6.21. The number of allylic oxidation sites excluding steroid dienone is 7. The van der Waals surface area contributed by atoms with Crippen LogP contribution >= 0.6 is 0 Å². The molecule has 1 aliphatic heterocycles. The summed E-state index contributed by atoms with van der Waals surface area (Å²) in [6.45, 7) is 13.5. The molecule has 2 heterocycles. The number of hydrogen-bond donors (Lipinski definition) is 2. The molecule has 3 rings (SSSR count). The maximum Gasteiger partial charge on any atom is 0.317 e. The van der Waals surface area contributed by atoms with E-state index in [1.54, 1.807) is 6.08 Å². The molecule has 2 aromatic rings.